The lowest BCUT2D eigenvalue weighted by molar-refractivity contribution is -0.128. The summed E-state index contributed by atoms with van der Waals surface area (Å²) < 4.78 is 0. The van der Waals surface area contributed by atoms with E-state index in [1.54, 1.807) is 20.0 Å². The van der Waals surface area contributed by atoms with E-state index in [4.69, 9.17) is 10.2 Å². The van der Waals surface area contributed by atoms with Crippen LogP contribution in [0.5, 0.6) is 11.5 Å². The van der Waals surface area contributed by atoms with Crippen LogP contribution in [0, 0.1) is 34.5 Å². The normalized spacial score (nSPS) is 35.9. The first-order valence-corrected chi connectivity index (χ1v) is 13.6. The molecule has 0 heterocycles. The second-order valence-electron chi connectivity index (χ2n) is 12.1. The van der Waals surface area contributed by atoms with Crippen molar-refractivity contribution in [3.63, 3.8) is 0 Å². The van der Waals surface area contributed by atoms with Gasteiger partial charge < -0.3 is 20.6 Å². The summed E-state index contributed by atoms with van der Waals surface area (Å²) in [6.07, 6.45) is 10.3. The Labute approximate surface area is 215 Å². The Hall–Kier alpha value is -2.18. The average molecular weight is 498 g/mol. The van der Waals surface area contributed by atoms with Crippen LogP contribution >= 0.6 is 0 Å². The number of phenols is 2. The molecule has 0 aliphatic heterocycles. The molecule has 4 aliphatic rings. The number of allylic oxidation sites excluding steroid dienone is 1. The highest BCUT2D eigenvalue weighted by molar-refractivity contribution is 5.91. The topological polar surface area (TPSA) is 107 Å². The summed E-state index contributed by atoms with van der Waals surface area (Å²) >= 11 is 0. The molecule has 0 saturated heterocycles. The molecule has 0 radical (unpaired) electrons. The van der Waals surface area contributed by atoms with Crippen molar-refractivity contribution in [1.82, 2.24) is 5.32 Å². The largest absolute Gasteiger partial charge is 0.504 e. The van der Waals surface area contributed by atoms with Gasteiger partial charge in [-0.1, -0.05) is 25.5 Å². The van der Waals surface area contributed by atoms with Crippen LogP contribution in [-0.2, 0) is 9.59 Å². The molecule has 5 rings (SSSR count). The maximum Gasteiger partial charge on any atom is 0.157 e. The zero-order chi connectivity index (χ0) is 26.3. The molecule has 3 saturated carbocycles. The standard InChI is InChI=1S/C21H30O2.C9H13NO3/c1-13(22)17-6-7-18-16-5-4-14-12-15(23)8-10-20(14,2)19(16)9-11-21(17,18)3;1-10-5-9(13)6-2-3-7(11)8(12)4-6/h12,16-19H,4-11H2,1-3H3;2-4,9-13H,5H2,1H3/t16-,17+,18-,19-,20-,21+;9-/m00/s1. The zero-order valence-corrected chi connectivity index (χ0v) is 22.2. The van der Waals surface area contributed by atoms with Crippen LogP contribution in [0.25, 0.3) is 0 Å². The number of phenolic OH excluding ortho intramolecular Hbond substituents is 2. The first-order chi connectivity index (χ1) is 17.0. The van der Waals surface area contributed by atoms with Gasteiger partial charge >= 0.3 is 0 Å². The van der Waals surface area contributed by atoms with E-state index in [9.17, 15) is 14.7 Å². The Kier molecular flexibility index (Phi) is 7.68. The molecule has 4 N–H and O–H groups in total. The number of fused-ring (bicyclic) bond motifs is 5. The molecule has 36 heavy (non-hydrogen) atoms. The van der Waals surface area contributed by atoms with Crippen molar-refractivity contribution >= 4 is 11.6 Å². The number of aliphatic hydroxyl groups is 1. The number of nitrogens with one attached hydrogen (secondary N) is 1. The molecule has 0 aromatic heterocycles. The lowest BCUT2D eigenvalue weighted by atomic mass is 9.47. The van der Waals surface area contributed by atoms with E-state index in [0.29, 0.717) is 29.6 Å². The van der Waals surface area contributed by atoms with Crippen molar-refractivity contribution in [3.05, 3.63) is 35.4 Å². The molecule has 7 atom stereocenters. The van der Waals surface area contributed by atoms with Crippen LogP contribution in [0.1, 0.15) is 83.8 Å². The number of carbonyl (C=O) groups excluding carboxylic acids is 2. The predicted molar refractivity (Wildman–Crippen MR) is 140 cm³/mol. The van der Waals surface area contributed by atoms with Gasteiger partial charge in [-0.05, 0) is 111 Å². The van der Waals surface area contributed by atoms with Crippen LogP contribution < -0.4 is 5.32 Å². The Morgan fingerprint density at radius 1 is 1.06 bits per heavy atom. The van der Waals surface area contributed by atoms with Crippen LogP contribution in [0.3, 0.4) is 0 Å². The third kappa shape index (κ3) is 4.74. The van der Waals surface area contributed by atoms with Gasteiger partial charge in [0.05, 0.1) is 6.10 Å². The summed E-state index contributed by atoms with van der Waals surface area (Å²) in [6, 6.07) is 4.26. The minimum atomic E-state index is -0.670. The number of carbonyl (C=O) groups is 2. The fourth-order valence-corrected chi connectivity index (χ4v) is 8.29. The fourth-order valence-electron chi connectivity index (χ4n) is 8.29. The highest BCUT2D eigenvalue weighted by Gasteiger charge is 2.59. The monoisotopic (exact) mass is 497 g/mol. The summed E-state index contributed by atoms with van der Waals surface area (Å²) in [6.45, 7) is 7.05. The summed E-state index contributed by atoms with van der Waals surface area (Å²) in [5, 5.41) is 30.4. The van der Waals surface area contributed by atoms with E-state index >= 15 is 0 Å². The first kappa shape index (κ1) is 26.9. The molecule has 198 valence electrons. The molecule has 0 unspecified atom stereocenters. The second kappa shape index (κ2) is 10.3. The number of hydrogen-bond donors (Lipinski definition) is 4. The van der Waals surface area contributed by atoms with Crippen molar-refractivity contribution in [2.75, 3.05) is 13.6 Å². The van der Waals surface area contributed by atoms with Gasteiger partial charge in [-0.25, -0.2) is 0 Å². The number of ketones is 2. The quantitative estimate of drug-likeness (QED) is 0.433. The average Bonchev–Trinajstić information content (AvgIpc) is 3.19. The molecule has 1 aromatic rings. The van der Waals surface area contributed by atoms with Gasteiger partial charge in [-0.15, -0.1) is 0 Å². The number of Topliss-reactive ketones (excluding diaryl/α,β-unsaturated/α-hetero) is 1. The van der Waals surface area contributed by atoms with Gasteiger partial charge in [0.15, 0.2) is 17.3 Å². The van der Waals surface area contributed by atoms with E-state index in [-0.39, 0.29) is 22.3 Å². The maximum atomic E-state index is 12.1. The lowest BCUT2D eigenvalue weighted by Gasteiger charge is -2.58. The van der Waals surface area contributed by atoms with Crippen LogP contribution in [0.4, 0.5) is 0 Å². The molecule has 6 nitrogen and oxygen atoms in total. The smallest absolute Gasteiger partial charge is 0.157 e. The summed E-state index contributed by atoms with van der Waals surface area (Å²) in [5.74, 6) is 2.89. The highest BCUT2D eigenvalue weighted by Crippen LogP contribution is 2.66. The van der Waals surface area contributed by atoms with Crippen LogP contribution in [-0.4, -0.2) is 40.5 Å². The SMILES string of the molecule is CC(=O)[C@H]1CC[C@H]2[C@@H]3CCC4=CC(=O)CC[C@]4(C)[C@H]3CC[C@]12C.CNC[C@H](O)c1ccc(O)c(O)c1. The third-order valence-corrected chi connectivity index (χ3v) is 10.2. The van der Waals surface area contributed by atoms with Crippen LogP contribution in [0.2, 0.25) is 0 Å². The Bertz CT molecular complexity index is 1030. The van der Waals surface area contributed by atoms with Gasteiger partial charge in [0, 0.05) is 18.9 Å². The minimum Gasteiger partial charge on any atom is -0.504 e. The maximum absolute atomic E-state index is 12.1. The van der Waals surface area contributed by atoms with Crippen molar-refractivity contribution in [2.24, 2.45) is 34.5 Å². The van der Waals surface area contributed by atoms with E-state index in [2.05, 4.69) is 19.2 Å². The lowest BCUT2D eigenvalue weighted by Crippen LogP contribution is -2.51. The van der Waals surface area contributed by atoms with Gasteiger partial charge in [-0.3, -0.25) is 9.59 Å². The first-order valence-electron chi connectivity index (χ1n) is 13.6. The number of likely N-dealkylation sites (N-methyl/N-ethyl adjacent to an activating group) is 1. The second-order valence-corrected chi connectivity index (χ2v) is 12.1. The van der Waals surface area contributed by atoms with Gasteiger partial charge in [0.2, 0.25) is 0 Å². The Morgan fingerprint density at radius 2 is 1.81 bits per heavy atom. The summed E-state index contributed by atoms with van der Waals surface area (Å²) in [7, 11) is 1.73. The number of aromatic hydroxyl groups is 2. The third-order valence-electron chi connectivity index (χ3n) is 10.2. The highest BCUT2D eigenvalue weighted by atomic mass is 16.3. The molecule has 3 fully saturated rings. The van der Waals surface area contributed by atoms with E-state index in [1.807, 2.05) is 6.08 Å². The molecule has 0 bridgehead atoms. The van der Waals surface area contributed by atoms with E-state index in [0.717, 1.165) is 43.4 Å². The number of rotatable bonds is 4. The molecule has 4 aliphatic carbocycles. The summed E-state index contributed by atoms with van der Waals surface area (Å²) in [4.78, 5) is 24.0. The van der Waals surface area contributed by atoms with Gasteiger partial charge in [0.25, 0.3) is 0 Å². The Balaban J connectivity index is 0.000000200. The predicted octanol–water partition coefficient (Wildman–Crippen LogP) is 5.07. The molecule has 1 aromatic carbocycles. The van der Waals surface area contributed by atoms with Gasteiger partial charge in [0.1, 0.15) is 5.78 Å². The van der Waals surface area contributed by atoms with Crippen LogP contribution in [0.15, 0.2) is 29.8 Å². The summed E-state index contributed by atoms with van der Waals surface area (Å²) in [5.41, 5.74) is 2.52. The van der Waals surface area contributed by atoms with Gasteiger partial charge in [-0.2, -0.15) is 0 Å². The van der Waals surface area contributed by atoms with E-state index < -0.39 is 6.10 Å². The minimum absolute atomic E-state index is 0.180. The number of benzene rings is 1. The molecule has 0 spiro atoms. The zero-order valence-electron chi connectivity index (χ0n) is 22.2. The Morgan fingerprint density at radius 3 is 2.47 bits per heavy atom. The van der Waals surface area contributed by atoms with E-state index in [1.165, 1.54) is 43.4 Å². The van der Waals surface area contributed by atoms with Crippen molar-refractivity contribution in [3.8, 4) is 11.5 Å². The molecular weight excluding hydrogens is 454 g/mol. The number of hydrogen-bond acceptors (Lipinski definition) is 6. The fraction of sp³-hybridized carbons (Fsp3) is 0.667. The number of aliphatic hydroxyl groups excluding tert-OH is 1. The molecular formula is C30H43NO5. The molecule has 6 heteroatoms. The molecule has 0 amide bonds. The van der Waals surface area contributed by atoms with Crippen molar-refractivity contribution in [2.45, 2.75) is 78.2 Å². The van der Waals surface area contributed by atoms with Crippen molar-refractivity contribution in [1.29, 1.82) is 0 Å². The van der Waals surface area contributed by atoms with Crippen molar-refractivity contribution < 1.29 is 24.9 Å².